The third-order valence-corrected chi connectivity index (χ3v) is 6.48. The molecule has 5 aromatic rings. The fourth-order valence-electron chi connectivity index (χ4n) is 4.44. The van der Waals surface area contributed by atoms with Gasteiger partial charge in [0, 0.05) is 72.6 Å². The number of carbonyl (C=O) groups is 1. The number of hydrogen-bond acceptors (Lipinski definition) is 5. The van der Waals surface area contributed by atoms with E-state index >= 15 is 0 Å². The molecule has 0 saturated heterocycles. The van der Waals surface area contributed by atoms with Crippen LogP contribution >= 0.6 is 0 Å². The largest absolute Gasteiger partial charge is 0.358 e. The van der Waals surface area contributed by atoms with Crippen LogP contribution in [0.2, 0.25) is 0 Å². The summed E-state index contributed by atoms with van der Waals surface area (Å²) >= 11 is 0. The van der Waals surface area contributed by atoms with E-state index in [1.807, 2.05) is 12.1 Å². The molecule has 0 aliphatic rings. The molecule has 0 fully saturated rings. The molecule has 5 rings (SSSR count). The summed E-state index contributed by atoms with van der Waals surface area (Å²) in [5.74, 6) is -3.28. The number of aryl methyl sites for hydroxylation is 3. The van der Waals surface area contributed by atoms with Gasteiger partial charge in [-0.25, -0.2) is 8.78 Å². The maximum atomic E-state index is 14.8. The fourth-order valence-corrected chi connectivity index (χ4v) is 4.44. The molecular formula is C28H26F2N6O2. The Morgan fingerprint density at radius 3 is 2.63 bits per heavy atom. The van der Waals surface area contributed by atoms with Gasteiger partial charge in [-0.3, -0.25) is 28.8 Å². The summed E-state index contributed by atoms with van der Waals surface area (Å²) in [6.07, 6.45) is 8.02. The van der Waals surface area contributed by atoms with Crippen LogP contribution in [0.4, 0.5) is 8.78 Å². The normalized spacial score (nSPS) is 11.8. The van der Waals surface area contributed by atoms with Gasteiger partial charge in [-0.2, -0.15) is 5.10 Å². The van der Waals surface area contributed by atoms with E-state index in [4.69, 9.17) is 0 Å². The zero-order valence-corrected chi connectivity index (χ0v) is 20.8. The Morgan fingerprint density at radius 1 is 1.08 bits per heavy atom. The first kappa shape index (κ1) is 25.2. The molecule has 0 spiro atoms. The summed E-state index contributed by atoms with van der Waals surface area (Å²) in [5.41, 5.74) is 2.16. The van der Waals surface area contributed by atoms with Crippen LogP contribution in [-0.2, 0) is 37.2 Å². The van der Waals surface area contributed by atoms with E-state index in [0.29, 0.717) is 17.7 Å². The molecule has 0 amide bonds. The summed E-state index contributed by atoms with van der Waals surface area (Å²) in [5, 5.41) is 5.10. The van der Waals surface area contributed by atoms with Gasteiger partial charge in [0.1, 0.15) is 5.69 Å². The van der Waals surface area contributed by atoms with Crippen LogP contribution in [0.5, 0.6) is 0 Å². The van der Waals surface area contributed by atoms with Crippen LogP contribution in [-0.4, -0.2) is 35.1 Å². The molecular weight excluding hydrogens is 490 g/mol. The highest BCUT2D eigenvalue weighted by Crippen LogP contribution is 2.32. The van der Waals surface area contributed by atoms with Crippen LogP contribution < -0.4 is 5.56 Å². The molecule has 194 valence electrons. The van der Waals surface area contributed by atoms with E-state index < -0.39 is 17.9 Å². The maximum Gasteiger partial charge on any atom is 0.273 e. The van der Waals surface area contributed by atoms with Crippen molar-refractivity contribution >= 4 is 16.7 Å². The zero-order valence-electron chi connectivity index (χ0n) is 20.8. The van der Waals surface area contributed by atoms with Gasteiger partial charge in [0.2, 0.25) is 0 Å². The molecule has 0 radical (unpaired) electrons. The van der Waals surface area contributed by atoms with Gasteiger partial charge in [0.25, 0.3) is 11.5 Å². The van der Waals surface area contributed by atoms with Gasteiger partial charge in [0.15, 0.2) is 5.78 Å². The second-order valence-corrected chi connectivity index (χ2v) is 9.25. The Labute approximate surface area is 217 Å². The molecule has 0 atom stereocenters. The Bertz CT molecular complexity index is 1610. The van der Waals surface area contributed by atoms with Crippen molar-refractivity contribution in [2.75, 3.05) is 0 Å². The third-order valence-electron chi connectivity index (χ3n) is 6.48. The molecule has 1 N–H and O–H groups in total. The third kappa shape index (κ3) is 5.44. The number of Topliss-reactive ketones (excluding diaryl/α,β-unsaturated/α-hetero) is 1. The number of aromatic nitrogens is 6. The molecule has 38 heavy (non-hydrogen) atoms. The van der Waals surface area contributed by atoms with Gasteiger partial charge < -0.3 is 4.98 Å². The average Bonchev–Trinajstić information content (AvgIpc) is 3.54. The van der Waals surface area contributed by atoms with Crippen molar-refractivity contribution in [2.45, 2.75) is 38.2 Å². The topological polar surface area (TPSA) is 98.5 Å². The van der Waals surface area contributed by atoms with Crippen LogP contribution in [0.15, 0.2) is 78.2 Å². The summed E-state index contributed by atoms with van der Waals surface area (Å²) in [7, 11) is 1.74. The number of hydrogen-bond donors (Lipinski definition) is 1. The number of ketones is 1. The van der Waals surface area contributed by atoms with Gasteiger partial charge >= 0.3 is 0 Å². The lowest BCUT2D eigenvalue weighted by molar-refractivity contribution is -0.119. The van der Waals surface area contributed by atoms with Crippen LogP contribution in [0.3, 0.4) is 0 Å². The zero-order chi connectivity index (χ0) is 26.7. The van der Waals surface area contributed by atoms with Gasteiger partial charge in [-0.15, -0.1) is 0 Å². The van der Waals surface area contributed by atoms with Crippen molar-refractivity contribution < 1.29 is 13.6 Å². The molecule has 10 heteroatoms. The lowest BCUT2D eigenvalue weighted by Gasteiger charge is -2.17. The van der Waals surface area contributed by atoms with Crippen molar-refractivity contribution in [3.8, 4) is 11.3 Å². The number of fused-ring (bicyclic) bond motifs is 1. The number of H-pyrrole nitrogens is 1. The van der Waals surface area contributed by atoms with Crippen molar-refractivity contribution in [1.82, 2.24) is 29.3 Å². The highest BCUT2D eigenvalue weighted by Gasteiger charge is 2.31. The molecule has 8 nitrogen and oxygen atoms in total. The first-order chi connectivity index (χ1) is 18.3. The Kier molecular flexibility index (Phi) is 6.95. The van der Waals surface area contributed by atoms with Gasteiger partial charge in [0.05, 0.1) is 24.6 Å². The number of rotatable bonds is 10. The summed E-state index contributed by atoms with van der Waals surface area (Å²) < 4.78 is 32.4. The predicted molar refractivity (Wildman–Crippen MR) is 139 cm³/mol. The van der Waals surface area contributed by atoms with Gasteiger partial charge in [-0.1, -0.05) is 30.3 Å². The molecule has 4 aromatic heterocycles. The number of alkyl halides is 2. The molecule has 0 saturated carbocycles. The van der Waals surface area contributed by atoms with Crippen molar-refractivity contribution in [3.63, 3.8) is 0 Å². The second kappa shape index (κ2) is 10.5. The van der Waals surface area contributed by atoms with E-state index in [1.165, 1.54) is 22.9 Å². The highest BCUT2D eigenvalue weighted by atomic mass is 19.3. The number of halogens is 2. The van der Waals surface area contributed by atoms with E-state index in [-0.39, 0.29) is 36.4 Å². The Balaban J connectivity index is 1.37. The average molecular weight is 517 g/mol. The predicted octanol–water partition coefficient (Wildman–Crippen LogP) is 4.45. The van der Waals surface area contributed by atoms with Gasteiger partial charge in [-0.05, 0) is 18.6 Å². The van der Waals surface area contributed by atoms with Crippen LogP contribution in [0, 0.1) is 0 Å². The van der Waals surface area contributed by atoms with Crippen molar-refractivity contribution in [3.05, 3.63) is 101 Å². The molecule has 0 aliphatic heterocycles. The van der Waals surface area contributed by atoms with Crippen molar-refractivity contribution in [2.24, 2.45) is 7.05 Å². The molecule has 0 bridgehead atoms. The second-order valence-electron chi connectivity index (χ2n) is 9.25. The van der Waals surface area contributed by atoms with E-state index in [9.17, 15) is 18.4 Å². The summed E-state index contributed by atoms with van der Waals surface area (Å²) in [4.78, 5) is 38.0. The Morgan fingerprint density at radius 2 is 1.89 bits per heavy atom. The minimum atomic E-state index is -3.12. The molecule has 1 aromatic carbocycles. The number of nitrogens with zero attached hydrogens (tertiary/aromatic N) is 5. The van der Waals surface area contributed by atoms with E-state index in [2.05, 4.69) is 20.1 Å². The molecule has 0 unspecified atom stereocenters. The number of carbonyl (C=O) groups excluding carboxylic acids is 1. The lowest BCUT2D eigenvalue weighted by Crippen LogP contribution is -2.30. The minimum Gasteiger partial charge on any atom is -0.358 e. The summed E-state index contributed by atoms with van der Waals surface area (Å²) in [6.45, 7) is -0.199. The fraction of sp³-hybridized carbons (Fsp3) is 0.250. The quantitative estimate of drug-likeness (QED) is 0.296. The maximum absolute atomic E-state index is 14.8. The van der Waals surface area contributed by atoms with E-state index in [0.717, 1.165) is 16.6 Å². The van der Waals surface area contributed by atoms with Crippen molar-refractivity contribution in [1.29, 1.82) is 0 Å². The van der Waals surface area contributed by atoms with E-state index in [1.54, 1.807) is 54.7 Å². The first-order valence-corrected chi connectivity index (χ1v) is 12.2. The minimum absolute atomic E-state index is 0.0100. The standard InChI is InChI=1S/C28H26F2N6O2/c1-35-17-20(15-33-35)26-16-32-25(9-11-28(29,30)21-5-3-2-4-6-21)27(38)36(26)18-23(37)8-7-22-13-19-14-31-12-10-24(19)34-22/h2-6,10,12-17,34H,7-9,11,18H2,1H3. The first-order valence-electron chi connectivity index (χ1n) is 12.2. The Hall–Kier alpha value is -4.47. The summed E-state index contributed by atoms with van der Waals surface area (Å²) in [6, 6.07) is 11.3. The number of benzene rings is 1. The molecule has 4 heterocycles. The smallest absolute Gasteiger partial charge is 0.273 e. The number of nitrogens with one attached hydrogen (secondary N) is 1. The van der Waals surface area contributed by atoms with Crippen LogP contribution in [0.25, 0.3) is 22.2 Å². The number of aromatic amines is 1. The SMILES string of the molecule is Cn1cc(-c2cnc(CCC(F)(F)c3ccccc3)c(=O)n2CC(=O)CCc2cc3cnccc3[nH]2)cn1. The monoisotopic (exact) mass is 516 g/mol. The lowest BCUT2D eigenvalue weighted by atomic mass is 10.0. The highest BCUT2D eigenvalue weighted by molar-refractivity contribution is 5.81. The molecule has 0 aliphatic carbocycles. The number of pyridine rings is 1. The van der Waals surface area contributed by atoms with Crippen LogP contribution in [0.1, 0.15) is 29.8 Å².